The zero-order valence-corrected chi connectivity index (χ0v) is 14.5. The highest BCUT2D eigenvalue weighted by molar-refractivity contribution is 7.80. The minimum absolute atomic E-state index is 0.00962. The SMILES string of the molecule is C/C(=N\NC(N)=S)C1(C)N(O)C(C)(C)C(c2cccs2)=[N+]1[O-]. The first-order valence-electron chi connectivity index (χ1n) is 6.61. The number of hydrogen-bond acceptors (Lipinski definition) is 6. The molecule has 2 rings (SSSR count). The normalized spacial score (nSPS) is 25.6. The first kappa shape index (κ1) is 16.8. The number of nitrogens with zero attached hydrogens (tertiary/aromatic N) is 3. The number of rotatable bonds is 3. The number of hydrazone groups is 1. The van der Waals surface area contributed by atoms with Crippen LogP contribution in [-0.4, -0.2) is 42.7 Å². The molecule has 120 valence electrons. The van der Waals surface area contributed by atoms with Crippen molar-refractivity contribution >= 4 is 40.1 Å². The van der Waals surface area contributed by atoms with Crippen molar-refractivity contribution in [2.45, 2.75) is 38.9 Å². The van der Waals surface area contributed by atoms with E-state index in [0.717, 1.165) is 14.7 Å². The van der Waals surface area contributed by atoms with Crippen LogP contribution < -0.4 is 11.2 Å². The molecule has 0 spiro atoms. The molecule has 1 aromatic rings. The first-order valence-corrected chi connectivity index (χ1v) is 7.90. The van der Waals surface area contributed by atoms with Gasteiger partial charge >= 0.3 is 0 Å². The monoisotopic (exact) mass is 341 g/mol. The van der Waals surface area contributed by atoms with Crippen LogP contribution in [0.2, 0.25) is 0 Å². The number of thiocarbonyl (C=S) groups is 1. The van der Waals surface area contributed by atoms with Gasteiger partial charge in [0.25, 0.3) is 5.66 Å². The molecule has 0 radical (unpaired) electrons. The van der Waals surface area contributed by atoms with Gasteiger partial charge in [-0.1, -0.05) is 6.07 Å². The first-order chi connectivity index (χ1) is 10.1. The van der Waals surface area contributed by atoms with Crippen molar-refractivity contribution in [3.05, 3.63) is 27.6 Å². The van der Waals surface area contributed by atoms with Crippen LogP contribution in [0.4, 0.5) is 0 Å². The standard InChI is InChI=1S/C13H19N5O2S2/c1-8(15-16-11(14)21)13(4)17(19)10(9-6-5-7-22-9)12(2,3)18(13)20/h5-7,20H,1-4H3,(H3,14,16,21)/b15-8+. The van der Waals surface area contributed by atoms with E-state index in [1.54, 1.807) is 27.7 Å². The zero-order valence-electron chi connectivity index (χ0n) is 12.8. The minimum Gasteiger partial charge on any atom is -0.622 e. The van der Waals surface area contributed by atoms with Gasteiger partial charge in [0.1, 0.15) is 11.3 Å². The molecule has 0 saturated carbocycles. The molecule has 0 aromatic carbocycles. The van der Waals surface area contributed by atoms with Crippen molar-refractivity contribution in [1.29, 1.82) is 0 Å². The van der Waals surface area contributed by atoms with Crippen LogP contribution in [0.5, 0.6) is 0 Å². The molecule has 1 aromatic heterocycles. The molecular weight excluding hydrogens is 322 g/mol. The summed E-state index contributed by atoms with van der Waals surface area (Å²) in [6.45, 7) is 6.80. The maximum Gasteiger partial charge on any atom is 0.289 e. The molecule has 0 fully saturated rings. The van der Waals surface area contributed by atoms with Gasteiger partial charge in [-0.2, -0.15) is 9.84 Å². The molecule has 4 N–H and O–H groups in total. The van der Waals surface area contributed by atoms with Gasteiger partial charge in [0.15, 0.2) is 5.11 Å². The molecule has 2 heterocycles. The summed E-state index contributed by atoms with van der Waals surface area (Å²) < 4.78 is 0.791. The van der Waals surface area contributed by atoms with E-state index in [2.05, 4.69) is 10.5 Å². The third-order valence-electron chi connectivity index (χ3n) is 3.89. The lowest BCUT2D eigenvalue weighted by Gasteiger charge is -2.32. The molecule has 7 nitrogen and oxygen atoms in total. The molecule has 0 aliphatic carbocycles. The molecule has 9 heteroatoms. The molecule has 0 saturated heterocycles. The summed E-state index contributed by atoms with van der Waals surface area (Å²) in [5.74, 6) is 0. The van der Waals surface area contributed by atoms with Crippen molar-refractivity contribution in [2.75, 3.05) is 0 Å². The summed E-state index contributed by atoms with van der Waals surface area (Å²) in [7, 11) is 0. The Kier molecular flexibility index (Phi) is 4.26. The fourth-order valence-corrected chi connectivity index (χ4v) is 3.51. The number of nitrogens with two attached hydrogens (primary N) is 1. The number of hydroxylamine groups is 3. The third kappa shape index (κ3) is 2.39. The Hall–Kier alpha value is -1.55. The Bertz CT molecular complexity index is 653. The van der Waals surface area contributed by atoms with Gasteiger partial charge in [-0.15, -0.1) is 16.4 Å². The minimum atomic E-state index is -1.36. The van der Waals surface area contributed by atoms with Gasteiger partial charge in [-0.25, -0.2) is 0 Å². The predicted octanol–water partition coefficient (Wildman–Crippen LogP) is 1.46. The molecule has 0 amide bonds. The Morgan fingerprint density at radius 3 is 2.68 bits per heavy atom. The lowest BCUT2D eigenvalue weighted by atomic mass is 9.97. The summed E-state index contributed by atoms with van der Waals surface area (Å²) in [5, 5.41) is 30.5. The van der Waals surface area contributed by atoms with E-state index in [0.29, 0.717) is 11.4 Å². The smallest absolute Gasteiger partial charge is 0.289 e. The topological polar surface area (TPSA) is 100.0 Å². The summed E-state index contributed by atoms with van der Waals surface area (Å²) in [4.78, 5) is 0.804. The lowest BCUT2D eigenvalue weighted by Crippen LogP contribution is -2.57. The second kappa shape index (κ2) is 5.58. The van der Waals surface area contributed by atoms with E-state index in [-0.39, 0.29) is 5.11 Å². The Labute approximate surface area is 138 Å². The van der Waals surface area contributed by atoms with Crippen LogP contribution in [-0.2, 0) is 0 Å². The van der Waals surface area contributed by atoms with E-state index in [4.69, 9.17) is 18.0 Å². The van der Waals surface area contributed by atoms with E-state index >= 15 is 0 Å². The average molecular weight is 341 g/mol. The fourth-order valence-electron chi connectivity index (χ4n) is 2.56. The Balaban J connectivity index is 2.57. The molecule has 1 aliphatic heterocycles. The van der Waals surface area contributed by atoms with Crippen LogP contribution in [0, 0.1) is 5.21 Å². The van der Waals surface area contributed by atoms with Gasteiger partial charge < -0.3 is 16.1 Å². The van der Waals surface area contributed by atoms with Gasteiger partial charge in [-0.3, -0.25) is 5.43 Å². The van der Waals surface area contributed by atoms with Gasteiger partial charge in [0.05, 0.1) is 4.88 Å². The van der Waals surface area contributed by atoms with Crippen LogP contribution >= 0.6 is 23.6 Å². The fraction of sp³-hybridized carbons (Fsp3) is 0.462. The second-order valence-corrected chi connectivity index (χ2v) is 7.07. The Morgan fingerprint density at radius 1 is 1.55 bits per heavy atom. The van der Waals surface area contributed by atoms with Crippen LogP contribution in [0.1, 0.15) is 32.6 Å². The van der Waals surface area contributed by atoms with E-state index in [9.17, 15) is 10.4 Å². The average Bonchev–Trinajstić information content (AvgIpc) is 2.99. The van der Waals surface area contributed by atoms with Crippen LogP contribution in [0.15, 0.2) is 22.6 Å². The van der Waals surface area contributed by atoms with Crippen molar-refractivity contribution in [3.63, 3.8) is 0 Å². The lowest BCUT2D eigenvalue weighted by molar-refractivity contribution is -0.560. The van der Waals surface area contributed by atoms with Crippen LogP contribution in [0.25, 0.3) is 0 Å². The van der Waals surface area contributed by atoms with E-state index in [1.165, 1.54) is 11.3 Å². The maximum atomic E-state index is 12.9. The van der Waals surface area contributed by atoms with Gasteiger partial charge in [0, 0.05) is 6.92 Å². The zero-order chi connectivity index (χ0) is 16.7. The highest BCUT2D eigenvalue weighted by atomic mass is 32.1. The Morgan fingerprint density at radius 2 is 2.18 bits per heavy atom. The molecule has 22 heavy (non-hydrogen) atoms. The van der Waals surface area contributed by atoms with E-state index < -0.39 is 11.2 Å². The summed E-state index contributed by atoms with van der Waals surface area (Å²) in [5.41, 5.74) is 6.40. The highest BCUT2D eigenvalue weighted by Crippen LogP contribution is 2.37. The highest BCUT2D eigenvalue weighted by Gasteiger charge is 2.61. The number of thiophene rings is 1. The number of hydrogen-bond donors (Lipinski definition) is 3. The maximum absolute atomic E-state index is 12.9. The largest absolute Gasteiger partial charge is 0.622 e. The van der Waals surface area contributed by atoms with Crippen molar-refractivity contribution in [1.82, 2.24) is 10.5 Å². The van der Waals surface area contributed by atoms with Gasteiger partial charge in [0.2, 0.25) is 5.71 Å². The quantitative estimate of drug-likeness (QED) is 0.253. The van der Waals surface area contributed by atoms with Crippen molar-refractivity contribution in [2.24, 2.45) is 10.8 Å². The van der Waals surface area contributed by atoms with E-state index in [1.807, 2.05) is 17.5 Å². The molecule has 1 aliphatic rings. The molecular formula is C13H19N5O2S2. The van der Waals surface area contributed by atoms with Gasteiger partial charge in [-0.05, 0) is 44.4 Å². The summed E-state index contributed by atoms with van der Waals surface area (Å²) >= 11 is 6.15. The summed E-state index contributed by atoms with van der Waals surface area (Å²) in [6, 6.07) is 3.72. The molecule has 1 atom stereocenters. The predicted molar refractivity (Wildman–Crippen MR) is 91.2 cm³/mol. The van der Waals surface area contributed by atoms with Crippen LogP contribution in [0.3, 0.4) is 0 Å². The molecule has 0 bridgehead atoms. The third-order valence-corrected chi connectivity index (χ3v) is 4.86. The molecule has 1 unspecified atom stereocenters. The second-order valence-electron chi connectivity index (χ2n) is 5.69. The number of nitrogens with one attached hydrogen (secondary N) is 1. The summed E-state index contributed by atoms with van der Waals surface area (Å²) in [6.07, 6.45) is 0. The van der Waals surface area contributed by atoms with Crippen molar-refractivity contribution in [3.8, 4) is 0 Å². The van der Waals surface area contributed by atoms with Crippen molar-refractivity contribution < 1.29 is 9.95 Å².